The zero-order valence-corrected chi connectivity index (χ0v) is 19.4. The van der Waals surface area contributed by atoms with Crippen LogP contribution in [-0.2, 0) is 11.2 Å². The minimum atomic E-state index is -0.0958. The summed E-state index contributed by atoms with van der Waals surface area (Å²) in [5.41, 5.74) is 3.80. The lowest BCUT2D eigenvalue weighted by Crippen LogP contribution is -2.16. The van der Waals surface area contributed by atoms with E-state index in [0.717, 1.165) is 27.7 Å². The number of carbonyl (C=O) groups is 1. The average Bonchev–Trinajstić information content (AvgIpc) is 3.18. The SMILES string of the molecule is CCOc1ccc(CCC(=O)Nc2cc(C)nn2-c2cc(C)c3ccccc3n2)cc1OC. The number of anilines is 1. The van der Waals surface area contributed by atoms with E-state index in [1.165, 1.54) is 0 Å². The molecule has 7 heteroatoms. The molecule has 2 aromatic carbocycles. The van der Waals surface area contributed by atoms with Crippen molar-refractivity contribution in [3.63, 3.8) is 0 Å². The van der Waals surface area contributed by atoms with E-state index in [-0.39, 0.29) is 5.91 Å². The van der Waals surface area contributed by atoms with Crippen LogP contribution in [0.15, 0.2) is 54.6 Å². The van der Waals surface area contributed by atoms with Gasteiger partial charge in [-0.1, -0.05) is 24.3 Å². The molecule has 0 bridgehead atoms. The molecule has 0 radical (unpaired) electrons. The van der Waals surface area contributed by atoms with Gasteiger partial charge < -0.3 is 14.8 Å². The molecule has 0 unspecified atom stereocenters. The van der Waals surface area contributed by atoms with Crippen LogP contribution in [-0.4, -0.2) is 34.4 Å². The van der Waals surface area contributed by atoms with Crippen molar-refractivity contribution in [2.24, 2.45) is 0 Å². The number of amides is 1. The smallest absolute Gasteiger partial charge is 0.225 e. The summed E-state index contributed by atoms with van der Waals surface area (Å²) in [6.45, 7) is 6.44. The maximum absolute atomic E-state index is 12.8. The van der Waals surface area contributed by atoms with Crippen LogP contribution in [0.2, 0.25) is 0 Å². The molecule has 2 aromatic heterocycles. The number of pyridine rings is 1. The minimum absolute atomic E-state index is 0.0958. The van der Waals surface area contributed by atoms with Crippen LogP contribution in [0.25, 0.3) is 16.7 Å². The van der Waals surface area contributed by atoms with Crippen molar-refractivity contribution in [3.8, 4) is 17.3 Å². The standard InChI is InChI=1S/C26H28N4O3/c1-5-33-22-12-10-19(16-23(22)32-4)11-13-26(31)28-25-15-18(3)29-30(25)24-14-17(2)20-8-6-7-9-21(20)27-24/h6-10,12,14-16H,5,11,13H2,1-4H3,(H,28,31). The number of carbonyl (C=O) groups excluding carboxylic acids is 1. The topological polar surface area (TPSA) is 78.3 Å². The summed E-state index contributed by atoms with van der Waals surface area (Å²) < 4.78 is 12.7. The number of benzene rings is 2. The molecule has 0 aliphatic heterocycles. The monoisotopic (exact) mass is 444 g/mol. The molecule has 33 heavy (non-hydrogen) atoms. The van der Waals surface area contributed by atoms with Gasteiger partial charge in [0.25, 0.3) is 0 Å². The number of nitrogens with zero attached hydrogens (tertiary/aromatic N) is 3. The van der Waals surface area contributed by atoms with E-state index in [9.17, 15) is 4.79 Å². The van der Waals surface area contributed by atoms with Gasteiger partial charge in [-0.3, -0.25) is 4.79 Å². The van der Waals surface area contributed by atoms with E-state index in [1.807, 2.05) is 75.4 Å². The number of aryl methyl sites for hydroxylation is 3. The second kappa shape index (κ2) is 9.73. The molecule has 1 N–H and O–H groups in total. The average molecular weight is 445 g/mol. The lowest BCUT2D eigenvalue weighted by molar-refractivity contribution is -0.116. The first-order valence-electron chi connectivity index (χ1n) is 11.0. The Morgan fingerprint density at radius 3 is 2.67 bits per heavy atom. The largest absolute Gasteiger partial charge is 0.493 e. The first-order valence-corrected chi connectivity index (χ1v) is 11.0. The molecule has 2 heterocycles. The molecule has 7 nitrogen and oxygen atoms in total. The van der Waals surface area contributed by atoms with E-state index in [2.05, 4.69) is 10.4 Å². The fourth-order valence-corrected chi connectivity index (χ4v) is 3.81. The maximum Gasteiger partial charge on any atom is 0.225 e. The van der Waals surface area contributed by atoms with Crippen molar-refractivity contribution >= 4 is 22.6 Å². The number of nitrogens with one attached hydrogen (secondary N) is 1. The Bertz CT molecular complexity index is 1300. The minimum Gasteiger partial charge on any atom is -0.493 e. The second-order valence-corrected chi connectivity index (χ2v) is 7.86. The molecule has 1 amide bonds. The molecule has 0 aliphatic rings. The fraction of sp³-hybridized carbons (Fsp3) is 0.269. The second-order valence-electron chi connectivity index (χ2n) is 7.86. The summed E-state index contributed by atoms with van der Waals surface area (Å²) >= 11 is 0. The molecular formula is C26H28N4O3. The van der Waals surface area contributed by atoms with Crippen LogP contribution in [0.5, 0.6) is 11.5 Å². The van der Waals surface area contributed by atoms with Crippen molar-refractivity contribution in [2.75, 3.05) is 19.0 Å². The highest BCUT2D eigenvalue weighted by Gasteiger charge is 2.14. The molecule has 0 fully saturated rings. The molecule has 4 aromatic rings. The van der Waals surface area contributed by atoms with Crippen LogP contribution in [0.3, 0.4) is 0 Å². The van der Waals surface area contributed by atoms with E-state index in [1.54, 1.807) is 11.8 Å². The normalized spacial score (nSPS) is 10.9. The number of ether oxygens (including phenoxy) is 2. The molecule has 0 spiro atoms. The number of aromatic nitrogens is 3. The van der Waals surface area contributed by atoms with E-state index in [4.69, 9.17) is 14.5 Å². The third-order valence-electron chi connectivity index (χ3n) is 5.39. The number of fused-ring (bicyclic) bond motifs is 1. The van der Waals surface area contributed by atoms with Crippen molar-refractivity contribution < 1.29 is 14.3 Å². The van der Waals surface area contributed by atoms with Crippen molar-refractivity contribution in [3.05, 3.63) is 71.4 Å². The number of hydrogen-bond donors (Lipinski definition) is 1. The molecule has 0 saturated heterocycles. The van der Waals surface area contributed by atoms with Gasteiger partial charge in [-0.15, -0.1) is 0 Å². The van der Waals surface area contributed by atoms with Crippen LogP contribution in [0.1, 0.15) is 30.2 Å². The number of rotatable bonds is 8. The van der Waals surface area contributed by atoms with Gasteiger partial charge in [-0.2, -0.15) is 9.78 Å². The lowest BCUT2D eigenvalue weighted by Gasteiger charge is -2.12. The Labute approximate surface area is 193 Å². The first kappa shape index (κ1) is 22.3. The van der Waals surface area contributed by atoms with Crippen molar-refractivity contribution in [1.82, 2.24) is 14.8 Å². The van der Waals surface area contributed by atoms with Gasteiger partial charge in [-0.25, -0.2) is 4.98 Å². The Balaban J connectivity index is 1.50. The highest BCUT2D eigenvalue weighted by Crippen LogP contribution is 2.28. The number of para-hydroxylation sites is 1. The Morgan fingerprint density at radius 2 is 1.88 bits per heavy atom. The van der Waals surface area contributed by atoms with Crippen LogP contribution >= 0.6 is 0 Å². The van der Waals surface area contributed by atoms with Gasteiger partial charge in [0, 0.05) is 17.9 Å². The van der Waals surface area contributed by atoms with Crippen LogP contribution < -0.4 is 14.8 Å². The zero-order chi connectivity index (χ0) is 23.4. The van der Waals surface area contributed by atoms with Crippen molar-refractivity contribution in [1.29, 1.82) is 0 Å². The summed E-state index contributed by atoms with van der Waals surface area (Å²) in [6.07, 6.45) is 0.903. The first-order chi connectivity index (χ1) is 16.0. The van der Waals surface area contributed by atoms with Crippen molar-refractivity contribution in [2.45, 2.75) is 33.6 Å². The highest BCUT2D eigenvalue weighted by molar-refractivity contribution is 5.90. The maximum atomic E-state index is 12.8. The Hall–Kier alpha value is -3.87. The quantitative estimate of drug-likeness (QED) is 0.413. The predicted molar refractivity (Wildman–Crippen MR) is 129 cm³/mol. The molecule has 4 rings (SSSR count). The molecule has 170 valence electrons. The van der Waals surface area contributed by atoms with Gasteiger partial charge in [0.1, 0.15) is 5.82 Å². The summed E-state index contributed by atoms with van der Waals surface area (Å²) in [5.74, 6) is 2.54. The van der Waals surface area contributed by atoms with Gasteiger partial charge in [0.05, 0.1) is 24.9 Å². The third-order valence-corrected chi connectivity index (χ3v) is 5.39. The summed E-state index contributed by atoms with van der Waals surface area (Å²) in [6, 6.07) is 17.6. The van der Waals surface area contributed by atoms with E-state index in [0.29, 0.717) is 42.6 Å². The molecule has 0 atom stereocenters. The summed E-state index contributed by atoms with van der Waals surface area (Å²) in [7, 11) is 1.61. The molecule has 0 aliphatic carbocycles. The molecule has 0 saturated carbocycles. The zero-order valence-electron chi connectivity index (χ0n) is 19.4. The Kier molecular flexibility index (Phi) is 6.58. The summed E-state index contributed by atoms with van der Waals surface area (Å²) in [4.78, 5) is 17.5. The van der Waals surface area contributed by atoms with E-state index >= 15 is 0 Å². The third kappa shape index (κ3) is 4.98. The van der Waals surface area contributed by atoms with Gasteiger partial charge in [0.2, 0.25) is 5.91 Å². The Morgan fingerprint density at radius 1 is 1.06 bits per heavy atom. The van der Waals surface area contributed by atoms with Gasteiger partial charge in [-0.05, 0) is 62.6 Å². The fourth-order valence-electron chi connectivity index (χ4n) is 3.81. The summed E-state index contributed by atoms with van der Waals surface area (Å²) in [5, 5.41) is 8.65. The number of hydrogen-bond acceptors (Lipinski definition) is 5. The van der Waals surface area contributed by atoms with Gasteiger partial charge >= 0.3 is 0 Å². The lowest BCUT2D eigenvalue weighted by atomic mass is 10.1. The predicted octanol–water partition coefficient (Wildman–Crippen LogP) is 5.02. The van der Waals surface area contributed by atoms with Gasteiger partial charge in [0.15, 0.2) is 17.3 Å². The van der Waals surface area contributed by atoms with Crippen LogP contribution in [0.4, 0.5) is 5.82 Å². The van der Waals surface area contributed by atoms with Crippen LogP contribution in [0, 0.1) is 13.8 Å². The number of methoxy groups -OCH3 is 1. The highest BCUT2D eigenvalue weighted by atomic mass is 16.5. The molecular weight excluding hydrogens is 416 g/mol. The van der Waals surface area contributed by atoms with E-state index < -0.39 is 0 Å².